The Bertz CT molecular complexity index is 714. The second-order valence-electron chi connectivity index (χ2n) is 4.69. The van der Waals surface area contributed by atoms with Crippen LogP contribution in [-0.4, -0.2) is 9.38 Å². The molecule has 0 aliphatic heterocycles. The van der Waals surface area contributed by atoms with E-state index >= 15 is 0 Å². The third-order valence-corrected chi connectivity index (χ3v) is 3.51. The molecule has 0 saturated heterocycles. The van der Waals surface area contributed by atoms with E-state index in [1.807, 2.05) is 37.3 Å². The van der Waals surface area contributed by atoms with Crippen LogP contribution < -0.4 is 0 Å². The summed E-state index contributed by atoms with van der Waals surface area (Å²) in [7, 11) is 0. The van der Waals surface area contributed by atoms with Crippen LogP contribution in [0.2, 0.25) is 0 Å². The summed E-state index contributed by atoms with van der Waals surface area (Å²) in [4.78, 5) is 4.74. The number of fused-ring (bicyclic) bond motifs is 1. The van der Waals surface area contributed by atoms with Gasteiger partial charge in [-0.25, -0.2) is 4.98 Å². The molecule has 19 heavy (non-hydrogen) atoms. The number of imidazole rings is 1. The Morgan fingerprint density at radius 1 is 1.05 bits per heavy atom. The number of hydrogen-bond acceptors (Lipinski definition) is 1. The molecule has 0 saturated carbocycles. The van der Waals surface area contributed by atoms with Gasteiger partial charge in [0.05, 0.1) is 16.8 Å². The minimum Gasteiger partial charge on any atom is -0.299 e. The van der Waals surface area contributed by atoms with Crippen LogP contribution >= 0.6 is 11.6 Å². The largest absolute Gasteiger partial charge is 0.299 e. The summed E-state index contributed by atoms with van der Waals surface area (Å²) in [6, 6.07) is 16.3. The number of aromatic nitrogens is 2. The van der Waals surface area contributed by atoms with E-state index in [4.69, 9.17) is 16.6 Å². The number of nitrogens with zero attached hydrogens (tertiary/aromatic N) is 2. The molecule has 1 aromatic carbocycles. The maximum atomic E-state index is 6.39. The minimum atomic E-state index is -0.0914. The second-order valence-corrected chi connectivity index (χ2v) is 5.34. The quantitative estimate of drug-likeness (QED) is 0.622. The first-order valence-electron chi connectivity index (χ1n) is 6.36. The summed E-state index contributed by atoms with van der Waals surface area (Å²) < 4.78 is 2.14. The fraction of sp³-hybridized carbons (Fsp3) is 0.188. The highest BCUT2D eigenvalue weighted by atomic mass is 35.5. The van der Waals surface area contributed by atoms with Gasteiger partial charge in [-0.2, -0.15) is 0 Å². The smallest absolute Gasteiger partial charge is 0.137 e. The molecule has 1 atom stereocenters. The zero-order valence-corrected chi connectivity index (χ0v) is 11.7. The third-order valence-electron chi connectivity index (χ3n) is 3.30. The third kappa shape index (κ3) is 2.02. The van der Waals surface area contributed by atoms with Crippen molar-refractivity contribution in [1.29, 1.82) is 0 Å². The van der Waals surface area contributed by atoms with E-state index in [1.54, 1.807) is 0 Å². The van der Waals surface area contributed by atoms with Gasteiger partial charge in [-0.15, -0.1) is 11.6 Å². The minimum absolute atomic E-state index is 0.0914. The van der Waals surface area contributed by atoms with Gasteiger partial charge in [0.15, 0.2) is 0 Å². The molecule has 0 spiro atoms. The standard InChI is InChI=1S/C16H15ClN2/c1-11-7-6-10-14-18-15(13-8-4-3-5-9-13)16(12(2)17)19(11)14/h3-10,12H,1-2H3. The lowest BCUT2D eigenvalue weighted by Crippen LogP contribution is -1.98. The summed E-state index contributed by atoms with van der Waals surface area (Å²) in [5.41, 5.74) is 5.22. The summed E-state index contributed by atoms with van der Waals surface area (Å²) >= 11 is 6.39. The molecule has 2 aromatic heterocycles. The highest BCUT2D eigenvalue weighted by Crippen LogP contribution is 2.32. The first kappa shape index (κ1) is 12.2. The number of hydrogen-bond donors (Lipinski definition) is 0. The van der Waals surface area contributed by atoms with Crippen LogP contribution in [0.5, 0.6) is 0 Å². The highest BCUT2D eigenvalue weighted by molar-refractivity contribution is 6.20. The first-order chi connectivity index (χ1) is 9.18. The highest BCUT2D eigenvalue weighted by Gasteiger charge is 2.18. The van der Waals surface area contributed by atoms with Gasteiger partial charge in [-0.1, -0.05) is 36.4 Å². The normalized spacial score (nSPS) is 12.8. The van der Waals surface area contributed by atoms with Crippen LogP contribution in [0.3, 0.4) is 0 Å². The monoisotopic (exact) mass is 270 g/mol. The Hall–Kier alpha value is -1.80. The number of alkyl halides is 1. The van der Waals surface area contributed by atoms with Gasteiger partial charge in [0.25, 0.3) is 0 Å². The Labute approximate surface area is 117 Å². The van der Waals surface area contributed by atoms with Crippen molar-refractivity contribution in [1.82, 2.24) is 9.38 Å². The summed E-state index contributed by atoms with van der Waals surface area (Å²) in [6.07, 6.45) is 0. The molecule has 1 unspecified atom stereocenters. The van der Waals surface area contributed by atoms with Crippen molar-refractivity contribution in [3.63, 3.8) is 0 Å². The Morgan fingerprint density at radius 2 is 1.79 bits per heavy atom. The molecule has 2 nitrogen and oxygen atoms in total. The Morgan fingerprint density at radius 3 is 2.47 bits per heavy atom. The summed E-state index contributed by atoms with van der Waals surface area (Å²) in [5.74, 6) is 0. The molecule has 3 rings (SSSR count). The average molecular weight is 271 g/mol. The van der Waals surface area contributed by atoms with Gasteiger partial charge in [-0.05, 0) is 26.0 Å². The van der Waals surface area contributed by atoms with Crippen molar-refractivity contribution in [2.75, 3.05) is 0 Å². The zero-order valence-electron chi connectivity index (χ0n) is 11.0. The topological polar surface area (TPSA) is 17.3 Å². The molecule has 0 amide bonds. The molecular weight excluding hydrogens is 256 g/mol. The molecule has 0 fully saturated rings. The van der Waals surface area contributed by atoms with Gasteiger partial charge in [0.1, 0.15) is 5.65 Å². The average Bonchev–Trinajstić information content (AvgIpc) is 2.81. The van der Waals surface area contributed by atoms with E-state index in [2.05, 4.69) is 29.5 Å². The molecule has 96 valence electrons. The van der Waals surface area contributed by atoms with Crippen LogP contribution in [0, 0.1) is 6.92 Å². The Kier molecular flexibility index (Phi) is 3.03. The number of rotatable bonds is 2. The first-order valence-corrected chi connectivity index (χ1v) is 6.79. The molecule has 0 N–H and O–H groups in total. The van der Waals surface area contributed by atoms with Gasteiger partial charge in [-0.3, -0.25) is 4.40 Å². The van der Waals surface area contributed by atoms with E-state index in [0.29, 0.717) is 0 Å². The van der Waals surface area contributed by atoms with Gasteiger partial charge in [0, 0.05) is 11.3 Å². The zero-order chi connectivity index (χ0) is 13.4. The van der Waals surface area contributed by atoms with Crippen LogP contribution in [0.1, 0.15) is 23.7 Å². The van der Waals surface area contributed by atoms with Crippen LogP contribution in [0.15, 0.2) is 48.5 Å². The lowest BCUT2D eigenvalue weighted by molar-refractivity contribution is 0.936. The van der Waals surface area contributed by atoms with Crippen LogP contribution in [0.25, 0.3) is 16.9 Å². The Balaban J connectivity index is 2.37. The van der Waals surface area contributed by atoms with Crippen LogP contribution in [0.4, 0.5) is 0 Å². The maximum absolute atomic E-state index is 6.39. The van der Waals surface area contributed by atoms with Crippen molar-refractivity contribution >= 4 is 17.2 Å². The molecule has 0 radical (unpaired) electrons. The summed E-state index contributed by atoms with van der Waals surface area (Å²) in [6.45, 7) is 4.07. The van der Waals surface area contributed by atoms with Crippen molar-refractivity contribution in [2.24, 2.45) is 0 Å². The molecular formula is C16H15ClN2. The van der Waals surface area contributed by atoms with Gasteiger partial charge < -0.3 is 0 Å². The van der Waals surface area contributed by atoms with E-state index in [1.165, 1.54) is 0 Å². The van der Waals surface area contributed by atoms with Gasteiger partial charge >= 0.3 is 0 Å². The lowest BCUT2D eigenvalue weighted by atomic mass is 10.1. The number of aryl methyl sites for hydroxylation is 1. The molecule has 2 heterocycles. The van der Waals surface area contributed by atoms with Crippen molar-refractivity contribution in [2.45, 2.75) is 19.2 Å². The molecule has 3 heteroatoms. The number of pyridine rings is 1. The van der Waals surface area contributed by atoms with Crippen molar-refractivity contribution in [3.8, 4) is 11.3 Å². The predicted molar refractivity (Wildman–Crippen MR) is 79.6 cm³/mol. The van der Waals surface area contributed by atoms with Gasteiger partial charge in [0.2, 0.25) is 0 Å². The number of halogens is 1. The number of benzene rings is 1. The van der Waals surface area contributed by atoms with Crippen LogP contribution in [-0.2, 0) is 0 Å². The van der Waals surface area contributed by atoms with E-state index in [0.717, 1.165) is 28.3 Å². The maximum Gasteiger partial charge on any atom is 0.137 e. The summed E-state index contributed by atoms with van der Waals surface area (Å²) in [5, 5.41) is -0.0914. The fourth-order valence-corrected chi connectivity index (χ4v) is 2.66. The van der Waals surface area contributed by atoms with E-state index in [-0.39, 0.29) is 5.38 Å². The van der Waals surface area contributed by atoms with E-state index < -0.39 is 0 Å². The van der Waals surface area contributed by atoms with E-state index in [9.17, 15) is 0 Å². The lowest BCUT2D eigenvalue weighted by Gasteiger charge is -2.09. The predicted octanol–water partition coefficient (Wildman–Crippen LogP) is 4.61. The molecule has 3 aromatic rings. The molecule has 0 aliphatic rings. The second kappa shape index (κ2) is 4.71. The molecule has 0 aliphatic carbocycles. The SMILES string of the molecule is Cc1cccc2nc(-c3ccccc3)c(C(C)Cl)n12. The molecule has 0 bridgehead atoms. The van der Waals surface area contributed by atoms with Crippen molar-refractivity contribution in [3.05, 3.63) is 59.9 Å². The fourth-order valence-electron chi connectivity index (χ4n) is 2.46. The van der Waals surface area contributed by atoms with Crippen molar-refractivity contribution < 1.29 is 0 Å².